The van der Waals surface area contributed by atoms with Gasteiger partial charge in [-0.2, -0.15) is 0 Å². The lowest BCUT2D eigenvalue weighted by atomic mass is 10.1. The van der Waals surface area contributed by atoms with E-state index in [2.05, 4.69) is 0 Å². The second kappa shape index (κ2) is 9.80. The number of carbonyl (C=O) groups excluding carboxylic acids is 1. The minimum atomic E-state index is -0.748. The van der Waals surface area contributed by atoms with Crippen molar-refractivity contribution in [2.75, 3.05) is 0 Å². The topological polar surface area (TPSA) is 83.8 Å². The molecule has 1 rings (SSSR count). The Morgan fingerprint density at radius 1 is 0.905 bits per heavy atom. The number of hydrogen-bond acceptors (Lipinski definition) is 4. The fourth-order valence-electron chi connectivity index (χ4n) is 1.97. The summed E-state index contributed by atoms with van der Waals surface area (Å²) >= 11 is 0. The number of carbonyl (C=O) groups is 2. The van der Waals surface area contributed by atoms with Crippen molar-refractivity contribution >= 4 is 11.9 Å². The van der Waals surface area contributed by atoms with Gasteiger partial charge in [0, 0.05) is 12.8 Å². The van der Waals surface area contributed by atoms with Gasteiger partial charge in [0.05, 0.1) is 0 Å². The van der Waals surface area contributed by atoms with Gasteiger partial charge in [-0.3, -0.25) is 9.59 Å². The number of hydrogen-bond donors (Lipinski definition) is 2. The molecule has 0 aliphatic carbocycles. The van der Waals surface area contributed by atoms with Crippen LogP contribution in [-0.4, -0.2) is 22.2 Å². The number of phenolic OH excluding ortho intramolecular Hbond substituents is 1. The highest BCUT2D eigenvalue weighted by atomic mass is 16.5. The normalized spacial score (nSPS) is 10.3. The average molecular weight is 294 g/mol. The van der Waals surface area contributed by atoms with E-state index in [1.54, 1.807) is 18.2 Å². The number of esters is 1. The van der Waals surface area contributed by atoms with E-state index < -0.39 is 5.97 Å². The number of aliphatic carboxylic acids is 1. The quantitative estimate of drug-likeness (QED) is 0.392. The molecule has 0 spiro atoms. The number of para-hydroxylation sites is 2. The highest BCUT2D eigenvalue weighted by Crippen LogP contribution is 2.24. The molecule has 1 aromatic rings. The summed E-state index contributed by atoms with van der Waals surface area (Å²) < 4.78 is 5.06. The van der Waals surface area contributed by atoms with Crippen LogP contribution in [0.25, 0.3) is 0 Å². The SMILES string of the molecule is O=C(O)CCCCCCCCC(=O)Oc1ccccc1O. The van der Waals surface area contributed by atoms with Crippen LogP contribution in [0.15, 0.2) is 24.3 Å². The minimum absolute atomic E-state index is 0.0377. The molecule has 0 bridgehead atoms. The molecule has 0 saturated carbocycles. The van der Waals surface area contributed by atoms with Gasteiger partial charge >= 0.3 is 11.9 Å². The smallest absolute Gasteiger partial charge is 0.311 e. The Labute approximate surface area is 124 Å². The van der Waals surface area contributed by atoms with Crippen LogP contribution in [0.1, 0.15) is 51.4 Å². The zero-order chi connectivity index (χ0) is 15.5. The van der Waals surface area contributed by atoms with E-state index in [1.807, 2.05) is 0 Å². The van der Waals surface area contributed by atoms with E-state index in [0.717, 1.165) is 32.1 Å². The Balaban J connectivity index is 2.04. The molecular weight excluding hydrogens is 272 g/mol. The van der Waals surface area contributed by atoms with Gasteiger partial charge in [0.1, 0.15) is 0 Å². The van der Waals surface area contributed by atoms with Gasteiger partial charge in [0.25, 0.3) is 0 Å². The average Bonchev–Trinajstić information content (AvgIpc) is 2.44. The molecule has 2 N–H and O–H groups in total. The molecular formula is C16H22O5. The summed E-state index contributed by atoms with van der Waals surface area (Å²) in [6, 6.07) is 6.38. The van der Waals surface area contributed by atoms with Crippen LogP contribution >= 0.6 is 0 Å². The first kappa shape index (κ1) is 17.0. The number of phenols is 1. The fraction of sp³-hybridized carbons (Fsp3) is 0.500. The number of rotatable bonds is 10. The predicted molar refractivity (Wildman–Crippen MR) is 78.3 cm³/mol. The maximum atomic E-state index is 11.6. The van der Waals surface area contributed by atoms with Gasteiger partial charge in [0.2, 0.25) is 0 Å². The number of unbranched alkanes of at least 4 members (excludes halogenated alkanes) is 5. The van der Waals surface area contributed by atoms with Gasteiger partial charge in [-0.15, -0.1) is 0 Å². The van der Waals surface area contributed by atoms with Gasteiger partial charge in [-0.25, -0.2) is 0 Å². The Bertz CT molecular complexity index is 456. The highest BCUT2D eigenvalue weighted by Gasteiger charge is 2.07. The molecule has 5 heteroatoms. The van der Waals surface area contributed by atoms with Crippen LogP contribution < -0.4 is 4.74 Å². The van der Waals surface area contributed by atoms with E-state index in [0.29, 0.717) is 12.8 Å². The summed E-state index contributed by atoms with van der Waals surface area (Å²) in [4.78, 5) is 21.9. The van der Waals surface area contributed by atoms with E-state index in [4.69, 9.17) is 9.84 Å². The molecule has 0 aliphatic rings. The molecule has 0 unspecified atom stereocenters. The van der Waals surface area contributed by atoms with Gasteiger partial charge in [0.15, 0.2) is 11.5 Å². The molecule has 21 heavy (non-hydrogen) atoms. The summed E-state index contributed by atoms with van der Waals surface area (Å²) in [6.45, 7) is 0. The number of carboxylic acids is 1. The number of carboxylic acid groups (broad SMARTS) is 1. The first-order chi connectivity index (χ1) is 10.1. The Hall–Kier alpha value is -2.04. The van der Waals surface area contributed by atoms with Crippen molar-refractivity contribution in [3.63, 3.8) is 0 Å². The summed E-state index contributed by atoms with van der Waals surface area (Å²) in [6.07, 6.45) is 5.81. The largest absolute Gasteiger partial charge is 0.504 e. The second-order valence-electron chi connectivity index (χ2n) is 4.96. The third kappa shape index (κ3) is 7.97. The first-order valence-corrected chi connectivity index (χ1v) is 7.30. The number of aromatic hydroxyl groups is 1. The minimum Gasteiger partial charge on any atom is -0.504 e. The van der Waals surface area contributed by atoms with Crippen LogP contribution in [0, 0.1) is 0 Å². The van der Waals surface area contributed by atoms with E-state index in [1.165, 1.54) is 6.07 Å². The van der Waals surface area contributed by atoms with Gasteiger partial charge in [-0.05, 0) is 25.0 Å². The van der Waals surface area contributed by atoms with Crippen molar-refractivity contribution < 1.29 is 24.5 Å². The standard InChI is InChI=1S/C16H22O5/c17-13-9-7-8-10-14(13)21-16(20)12-6-4-2-1-3-5-11-15(18)19/h7-10,17H,1-6,11-12H2,(H,18,19). The van der Waals surface area contributed by atoms with Crippen molar-refractivity contribution in [3.8, 4) is 11.5 Å². The molecule has 1 aromatic carbocycles. The second-order valence-corrected chi connectivity index (χ2v) is 4.96. The summed E-state index contributed by atoms with van der Waals surface area (Å²) in [5.74, 6) is -0.940. The van der Waals surface area contributed by atoms with Crippen molar-refractivity contribution in [1.82, 2.24) is 0 Å². The molecule has 0 atom stereocenters. The van der Waals surface area contributed by atoms with Gasteiger partial charge < -0.3 is 14.9 Å². The first-order valence-electron chi connectivity index (χ1n) is 7.30. The molecule has 0 saturated heterocycles. The predicted octanol–water partition coefficient (Wildman–Crippen LogP) is 3.50. The maximum absolute atomic E-state index is 11.6. The van der Waals surface area contributed by atoms with E-state index >= 15 is 0 Å². The van der Waals surface area contributed by atoms with Crippen LogP contribution in [0.2, 0.25) is 0 Å². The monoisotopic (exact) mass is 294 g/mol. The molecule has 116 valence electrons. The van der Waals surface area contributed by atoms with E-state index in [-0.39, 0.29) is 23.9 Å². The Morgan fingerprint density at radius 2 is 1.48 bits per heavy atom. The molecule has 0 amide bonds. The third-order valence-corrected chi connectivity index (χ3v) is 3.11. The summed E-state index contributed by atoms with van der Waals surface area (Å²) in [7, 11) is 0. The lowest BCUT2D eigenvalue weighted by Crippen LogP contribution is -2.07. The molecule has 0 heterocycles. The zero-order valence-corrected chi connectivity index (χ0v) is 12.1. The van der Waals surface area contributed by atoms with Crippen LogP contribution in [-0.2, 0) is 9.59 Å². The molecule has 0 aromatic heterocycles. The van der Waals surface area contributed by atoms with Crippen molar-refractivity contribution in [3.05, 3.63) is 24.3 Å². The number of ether oxygens (including phenoxy) is 1. The third-order valence-electron chi connectivity index (χ3n) is 3.11. The molecule has 5 nitrogen and oxygen atoms in total. The van der Waals surface area contributed by atoms with Crippen LogP contribution in [0.4, 0.5) is 0 Å². The Morgan fingerprint density at radius 3 is 2.10 bits per heavy atom. The van der Waals surface area contributed by atoms with E-state index in [9.17, 15) is 14.7 Å². The molecule has 0 aliphatic heterocycles. The molecule has 0 fully saturated rings. The molecule has 0 radical (unpaired) electrons. The zero-order valence-electron chi connectivity index (χ0n) is 12.1. The lowest BCUT2D eigenvalue weighted by Gasteiger charge is -2.05. The Kier molecular flexibility index (Phi) is 7.94. The maximum Gasteiger partial charge on any atom is 0.311 e. The fourth-order valence-corrected chi connectivity index (χ4v) is 1.97. The van der Waals surface area contributed by atoms with Gasteiger partial charge in [-0.1, -0.05) is 37.8 Å². The van der Waals surface area contributed by atoms with Crippen molar-refractivity contribution in [2.45, 2.75) is 51.4 Å². The summed E-state index contributed by atoms with van der Waals surface area (Å²) in [5.41, 5.74) is 0. The number of benzene rings is 1. The van der Waals surface area contributed by atoms with Crippen molar-refractivity contribution in [1.29, 1.82) is 0 Å². The van der Waals surface area contributed by atoms with Crippen LogP contribution in [0.3, 0.4) is 0 Å². The van der Waals surface area contributed by atoms with Crippen LogP contribution in [0.5, 0.6) is 11.5 Å². The lowest BCUT2D eigenvalue weighted by molar-refractivity contribution is -0.137. The summed E-state index contributed by atoms with van der Waals surface area (Å²) in [5, 5.41) is 18.0. The van der Waals surface area contributed by atoms with Crippen molar-refractivity contribution in [2.24, 2.45) is 0 Å². The highest BCUT2D eigenvalue weighted by molar-refractivity contribution is 5.73.